The number of likely N-dealkylation sites (N-methyl/N-ethyl adjacent to an activating group) is 1. The number of fused-ring (bicyclic) bond motifs is 1. The van der Waals surface area contributed by atoms with Crippen molar-refractivity contribution >= 4 is 17.5 Å². The number of benzene rings is 4. The fourth-order valence-corrected chi connectivity index (χ4v) is 6.28. The lowest BCUT2D eigenvalue weighted by atomic mass is 9.92. The summed E-state index contributed by atoms with van der Waals surface area (Å²) >= 11 is 0. The maximum absolute atomic E-state index is 13.8. The molecule has 0 saturated heterocycles. The molecular formula is C40H44F3N3O4. The molecule has 2 amide bonds. The maximum atomic E-state index is 13.8. The molecule has 10 heteroatoms. The zero-order valence-corrected chi connectivity index (χ0v) is 28.8. The van der Waals surface area contributed by atoms with Crippen molar-refractivity contribution in [1.82, 2.24) is 9.80 Å². The SMILES string of the molecule is CC(c1ccccc1)c1ccc(CN(C)C[C@H]2Oc3c(NC(=O)Cc4ccc(C(F)(F)F)cc4)cccc3C(=O)N([C@@H](C)CO)C[C@H]2C)cc1. The van der Waals surface area contributed by atoms with E-state index in [1.807, 2.05) is 32.2 Å². The van der Waals surface area contributed by atoms with Crippen molar-refractivity contribution in [3.63, 3.8) is 0 Å². The number of amides is 2. The molecule has 1 unspecified atom stereocenters. The topological polar surface area (TPSA) is 82.1 Å². The molecule has 5 rings (SSSR count). The third-order valence-electron chi connectivity index (χ3n) is 9.33. The van der Waals surface area contributed by atoms with Crippen LogP contribution in [0.5, 0.6) is 5.75 Å². The number of nitrogens with one attached hydrogen (secondary N) is 1. The average molecular weight is 688 g/mol. The molecule has 1 aliphatic rings. The van der Waals surface area contributed by atoms with Crippen molar-refractivity contribution in [2.75, 3.05) is 32.1 Å². The summed E-state index contributed by atoms with van der Waals surface area (Å²) < 4.78 is 45.7. The second-order valence-electron chi connectivity index (χ2n) is 13.3. The lowest BCUT2D eigenvalue weighted by Gasteiger charge is -2.38. The molecular weight excluding hydrogens is 643 g/mol. The molecule has 50 heavy (non-hydrogen) atoms. The molecule has 2 N–H and O–H groups in total. The quantitative estimate of drug-likeness (QED) is 0.172. The van der Waals surface area contributed by atoms with Gasteiger partial charge in [0.25, 0.3) is 5.91 Å². The van der Waals surface area contributed by atoms with Gasteiger partial charge < -0.3 is 20.1 Å². The van der Waals surface area contributed by atoms with Crippen LogP contribution in [-0.4, -0.2) is 65.6 Å². The Labute approximate surface area is 291 Å². The predicted molar refractivity (Wildman–Crippen MR) is 188 cm³/mol. The summed E-state index contributed by atoms with van der Waals surface area (Å²) in [5.74, 6) is -0.456. The fraction of sp³-hybridized carbons (Fsp3) is 0.350. The predicted octanol–water partition coefficient (Wildman–Crippen LogP) is 7.39. The number of carbonyl (C=O) groups excluding carboxylic acids is 2. The summed E-state index contributed by atoms with van der Waals surface area (Å²) in [6, 6.07) is 27.9. The van der Waals surface area contributed by atoms with Gasteiger partial charge in [0.15, 0.2) is 5.75 Å². The number of rotatable bonds is 11. The Bertz CT molecular complexity index is 1750. The third-order valence-corrected chi connectivity index (χ3v) is 9.33. The maximum Gasteiger partial charge on any atom is 0.416 e. The molecule has 0 fully saturated rings. The Morgan fingerprint density at radius 2 is 1.58 bits per heavy atom. The number of anilines is 1. The van der Waals surface area contributed by atoms with Gasteiger partial charge in [-0.3, -0.25) is 14.5 Å². The number of alkyl halides is 3. The van der Waals surface area contributed by atoms with Gasteiger partial charge in [-0.1, -0.05) is 86.6 Å². The van der Waals surface area contributed by atoms with Gasteiger partial charge in [0.1, 0.15) is 6.10 Å². The highest BCUT2D eigenvalue weighted by Gasteiger charge is 2.35. The van der Waals surface area contributed by atoms with E-state index in [1.165, 1.54) is 23.3 Å². The van der Waals surface area contributed by atoms with Crippen LogP contribution in [0.1, 0.15) is 64.9 Å². The van der Waals surface area contributed by atoms with Crippen molar-refractivity contribution in [2.45, 2.75) is 58.0 Å². The van der Waals surface area contributed by atoms with Crippen molar-refractivity contribution in [3.05, 3.63) is 130 Å². The standard InChI is InChI=1S/C40H44F3N3O4/c1-26-22-46(27(2)25-47)39(49)34-11-8-12-35(44-37(48)21-29-15-19-33(20-16-29)40(41,42)43)38(34)50-36(26)24-45(4)23-30-13-17-32(18-14-30)28(3)31-9-6-5-7-10-31/h5-20,26-28,36,47H,21-25H2,1-4H3,(H,44,48)/t26-,27+,28?,36-/m1/s1. The van der Waals surface area contributed by atoms with Crippen LogP contribution in [0.25, 0.3) is 0 Å². The Hall–Kier alpha value is -4.67. The Morgan fingerprint density at radius 3 is 2.22 bits per heavy atom. The molecule has 1 heterocycles. The normalized spacial score (nSPS) is 17.7. The summed E-state index contributed by atoms with van der Waals surface area (Å²) in [6.07, 6.45) is -5.04. The van der Waals surface area contributed by atoms with E-state index < -0.39 is 29.8 Å². The van der Waals surface area contributed by atoms with Gasteiger partial charge in [-0.25, -0.2) is 0 Å². The highest BCUT2D eigenvalue weighted by atomic mass is 19.4. The van der Waals surface area contributed by atoms with E-state index in [4.69, 9.17) is 4.74 Å². The summed E-state index contributed by atoms with van der Waals surface area (Å²) in [5.41, 5.74) is 3.77. The van der Waals surface area contributed by atoms with Gasteiger partial charge in [0, 0.05) is 31.5 Å². The van der Waals surface area contributed by atoms with Gasteiger partial charge in [0.2, 0.25) is 5.91 Å². The monoisotopic (exact) mass is 687 g/mol. The second-order valence-corrected chi connectivity index (χ2v) is 13.3. The Balaban J connectivity index is 1.34. The zero-order valence-electron chi connectivity index (χ0n) is 28.8. The lowest BCUT2D eigenvalue weighted by Crippen LogP contribution is -2.49. The fourth-order valence-electron chi connectivity index (χ4n) is 6.28. The molecule has 0 saturated carbocycles. The van der Waals surface area contributed by atoms with Crippen LogP contribution in [0.3, 0.4) is 0 Å². The first-order valence-electron chi connectivity index (χ1n) is 16.8. The smallest absolute Gasteiger partial charge is 0.416 e. The molecule has 7 nitrogen and oxygen atoms in total. The second kappa shape index (κ2) is 15.9. The first-order chi connectivity index (χ1) is 23.8. The van der Waals surface area contributed by atoms with E-state index in [0.29, 0.717) is 25.2 Å². The summed E-state index contributed by atoms with van der Waals surface area (Å²) in [5, 5.41) is 12.8. The van der Waals surface area contributed by atoms with Gasteiger partial charge in [-0.15, -0.1) is 0 Å². The van der Waals surface area contributed by atoms with Gasteiger partial charge in [0.05, 0.1) is 35.9 Å². The van der Waals surface area contributed by atoms with E-state index in [-0.39, 0.29) is 47.8 Å². The lowest BCUT2D eigenvalue weighted by molar-refractivity contribution is -0.137. The van der Waals surface area contributed by atoms with Gasteiger partial charge in [-0.2, -0.15) is 13.2 Å². The molecule has 4 aromatic carbocycles. The van der Waals surface area contributed by atoms with Crippen LogP contribution in [0.15, 0.2) is 97.1 Å². The minimum atomic E-state index is -4.47. The number of hydrogen-bond donors (Lipinski definition) is 2. The summed E-state index contributed by atoms with van der Waals surface area (Å²) in [6.45, 7) is 7.27. The number of halogens is 3. The molecule has 0 bridgehead atoms. The molecule has 0 radical (unpaired) electrons. The number of ether oxygens (including phenoxy) is 1. The van der Waals surface area contributed by atoms with Gasteiger partial charge in [-0.05, 0) is 60.5 Å². The number of aliphatic hydroxyl groups is 1. The van der Waals surface area contributed by atoms with Crippen LogP contribution in [0.4, 0.5) is 18.9 Å². The highest BCUT2D eigenvalue weighted by molar-refractivity contribution is 6.02. The van der Waals surface area contributed by atoms with Crippen LogP contribution < -0.4 is 10.1 Å². The number of para-hydroxylation sites is 1. The van der Waals surface area contributed by atoms with E-state index in [1.54, 1.807) is 30.0 Å². The number of aliphatic hydroxyl groups excluding tert-OH is 1. The molecule has 0 spiro atoms. The van der Waals surface area contributed by atoms with Gasteiger partial charge >= 0.3 is 6.18 Å². The summed E-state index contributed by atoms with van der Waals surface area (Å²) in [7, 11) is 2.01. The van der Waals surface area contributed by atoms with E-state index >= 15 is 0 Å². The molecule has 0 aromatic heterocycles. The van der Waals surface area contributed by atoms with E-state index in [0.717, 1.165) is 17.7 Å². The van der Waals surface area contributed by atoms with Crippen molar-refractivity contribution in [1.29, 1.82) is 0 Å². The van der Waals surface area contributed by atoms with Crippen molar-refractivity contribution < 1.29 is 32.6 Å². The Morgan fingerprint density at radius 1 is 0.940 bits per heavy atom. The average Bonchev–Trinajstić information content (AvgIpc) is 3.10. The van der Waals surface area contributed by atoms with Crippen molar-refractivity contribution in [3.8, 4) is 5.75 Å². The highest BCUT2D eigenvalue weighted by Crippen LogP contribution is 2.35. The third kappa shape index (κ3) is 8.91. The van der Waals surface area contributed by atoms with Crippen LogP contribution in [-0.2, 0) is 23.9 Å². The number of nitrogens with zero attached hydrogens (tertiary/aromatic N) is 2. The molecule has 1 aliphatic heterocycles. The number of hydrogen-bond acceptors (Lipinski definition) is 5. The first kappa shape index (κ1) is 36.6. The first-order valence-corrected chi connectivity index (χ1v) is 16.8. The summed E-state index contributed by atoms with van der Waals surface area (Å²) in [4.78, 5) is 30.8. The minimum Gasteiger partial charge on any atom is -0.486 e. The molecule has 4 aromatic rings. The molecule has 4 atom stereocenters. The zero-order chi connectivity index (χ0) is 36.0. The van der Waals surface area contributed by atoms with Crippen LogP contribution in [0, 0.1) is 5.92 Å². The molecule has 0 aliphatic carbocycles. The Kier molecular flexibility index (Phi) is 11.6. The van der Waals surface area contributed by atoms with Crippen LogP contribution >= 0.6 is 0 Å². The van der Waals surface area contributed by atoms with E-state index in [9.17, 15) is 27.9 Å². The molecule has 264 valence electrons. The van der Waals surface area contributed by atoms with E-state index in [2.05, 4.69) is 53.5 Å². The van der Waals surface area contributed by atoms with Crippen molar-refractivity contribution in [2.24, 2.45) is 5.92 Å². The largest absolute Gasteiger partial charge is 0.486 e. The van der Waals surface area contributed by atoms with Crippen LogP contribution in [0.2, 0.25) is 0 Å². The number of carbonyl (C=O) groups is 2. The minimum absolute atomic E-state index is 0.145.